The van der Waals surface area contributed by atoms with Gasteiger partial charge in [-0.3, -0.25) is 0 Å². The van der Waals surface area contributed by atoms with Crippen LogP contribution >= 0.6 is 0 Å². The van der Waals surface area contributed by atoms with E-state index in [1.165, 1.54) is 12.1 Å². The number of hydrogen-bond donors (Lipinski definition) is 2. The average Bonchev–Trinajstić information content (AvgIpc) is 2.69. The molecule has 0 aliphatic carbocycles. The smallest absolute Gasteiger partial charge is 0.246 e. The monoisotopic (exact) mass is 282 g/mol. The van der Waals surface area contributed by atoms with Crippen molar-refractivity contribution in [1.29, 1.82) is 0 Å². The number of sulfonamides is 1. The molecule has 0 radical (unpaired) electrons. The molecular weight excluding hydrogens is 268 g/mol. The summed E-state index contributed by atoms with van der Waals surface area (Å²) in [7, 11) is -3.66. The van der Waals surface area contributed by atoms with E-state index in [1.54, 1.807) is 26.0 Å². The first kappa shape index (κ1) is 13.6. The molecule has 2 N–H and O–H groups in total. The second kappa shape index (κ2) is 5.02. The maximum atomic E-state index is 12.1. The Morgan fingerprint density at radius 2 is 1.89 bits per heavy atom. The molecule has 0 amide bonds. The van der Waals surface area contributed by atoms with E-state index in [0.29, 0.717) is 5.69 Å². The molecule has 1 aromatic carbocycles. The molecule has 0 aliphatic heterocycles. The van der Waals surface area contributed by atoms with Crippen LogP contribution < -0.4 is 4.72 Å². The highest BCUT2D eigenvalue weighted by molar-refractivity contribution is 7.89. The molecule has 0 saturated heterocycles. The van der Waals surface area contributed by atoms with Gasteiger partial charge < -0.3 is 9.63 Å². The third kappa shape index (κ3) is 2.94. The predicted octanol–water partition coefficient (Wildman–Crippen LogP) is 1.48. The molecule has 1 aromatic heterocycles. The minimum absolute atomic E-state index is 0.0753. The summed E-state index contributed by atoms with van der Waals surface area (Å²) in [5.74, 6) is 0.396. The maximum absolute atomic E-state index is 12.1. The number of aromatic nitrogens is 1. The summed E-state index contributed by atoms with van der Waals surface area (Å²) in [4.78, 5) is 0.0753. The van der Waals surface area contributed by atoms with Gasteiger partial charge in [0.25, 0.3) is 0 Å². The summed E-state index contributed by atoms with van der Waals surface area (Å²) in [6.45, 7) is 3.26. The lowest BCUT2D eigenvalue weighted by Gasteiger charge is -2.06. The van der Waals surface area contributed by atoms with Crippen LogP contribution in [-0.2, 0) is 16.6 Å². The Bertz CT molecular complexity index is 655. The lowest BCUT2D eigenvalue weighted by molar-refractivity contribution is 0.390. The third-order valence-corrected chi connectivity index (χ3v) is 4.28. The van der Waals surface area contributed by atoms with Gasteiger partial charge >= 0.3 is 0 Å². The van der Waals surface area contributed by atoms with E-state index in [9.17, 15) is 8.42 Å². The van der Waals surface area contributed by atoms with Gasteiger partial charge in [-0.05, 0) is 31.5 Å². The third-order valence-electron chi connectivity index (χ3n) is 2.64. The molecule has 0 spiro atoms. The van der Waals surface area contributed by atoms with Gasteiger partial charge in [-0.25, -0.2) is 13.1 Å². The van der Waals surface area contributed by atoms with Gasteiger partial charge in [0.1, 0.15) is 16.3 Å². The largest absolute Gasteiger partial charge is 0.508 e. The van der Waals surface area contributed by atoms with E-state index < -0.39 is 10.0 Å². The van der Waals surface area contributed by atoms with Crippen molar-refractivity contribution in [2.75, 3.05) is 0 Å². The molecule has 0 bridgehead atoms. The van der Waals surface area contributed by atoms with Gasteiger partial charge in [0.2, 0.25) is 10.0 Å². The summed E-state index contributed by atoms with van der Waals surface area (Å²) < 4.78 is 31.5. The van der Waals surface area contributed by atoms with Gasteiger partial charge in [-0.2, -0.15) is 0 Å². The minimum atomic E-state index is -3.66. The first-order valence-corrected chi connectivity index (χ1v) is 7.09. The molecule has 2 aromatic rings. The van der Waals surface area contributed by atoms with Crippen molar-refractivity contribution in [3.05, 3.63) is 41.3 Å². The fourth-order valence-electron chi connectivity index (χ4n) is 1.72. The molecule has 0 saturated carbocycles. The molecule has 102 valence electrons. The van der Waals surface area contributed by atoms with Crippen LogP contribution in [-0.4, -0.2) is 18.7 Å². The van der Waals surface area contributed by atoms with Crippen molar-refractivity contribution in [1.82, 2.24) is 9.88 Å². The topological polar surface area (TPSA) is 92.4 Å². The molecule has 6 nitrogen and oxygen atoms in total. The van der Waals surface area contributed by atoms with Crippen LogP contribution in [0.3, 0.4) is 0 Å². The fourth-order valence-corrected chi connectivity index (χ4v) is 3.07. The van der Waals surface area contributed by atoms with Crippen LogP contribution in [0.15, 0.2) is 33.7 Å². The normalized spacial score (nSPS) is 11.7. The zero-order chi connectivity index (χ0) is 14.0. The Morgan fingerprint density at radius 3 is 2.42 bits per heavy atom. The van der Waals surface area contributed by atoms with Gasteiger partial charge in [-0.15, -0.1) is 0 Å². The van der Waals surface area contributed by atoms with Gasteiger partial charge in [-0.1, -0.05) is 17.3 Å². The van der Waals surface area contributed by atoms with E-state index >= 15 is 0 Å². The van der Waals surface area contributed by atoms with Gasteiger partial charge in [0.15, 0.2) is 5.76 Å². The molecule has 2 rings (SSSR count). The number of benzene rings is 1. The van der Waals surface area contributed by atoms with Crippen molar-refractivity contribution < 1.29 is 18.0 Å². The second-order valence-electron chi connectivity index (χ2n) is 4.14. The number of rotatable bonds is 4. The van der Waals surface area contributed by atoms with Crippen molar-refractivity contribution in [3.8, 4) is 5.75 Å². The fraction of sp³-hybridized carbons (Fsp3) is 0.250. The zero-order valence-corrected chi connectivity index (χ0v) is 11.4. The van der Waals surface area contributed by atoms with E-state index in [4.69, 9.17) is 9.63 Å². The number of hydrogen-bond acceptors (Lipinski definition) is 5. The minimum Gasteiger partial charge on any atom is -0.508 e. The Balaban J connectivity index is 2.17. The Morgan fingerprint density at radius 1 is 1.26 bits per heavy atom. The van der Waals surface area contributed by atoms with Crippen LogP contribution in [0.25, 0.3) is 0 Å². The van der Waals surface area contributed by atoms with Crippen LogP contribution in [0.5, 0.6) is 5.75 Å². The van der Waals surface area contributed by atoms with Crippen LogP contribution in [0.1, 0.15) is 17.0 Å². The highest BCUT2D eigenvalue weighted by Gasteiger charge is 2.23. The summed E-state index contributed by atoms with van der Waals surface area (Å²) in [5.41, 5.74) is 1.07. The molecule has 0 unspecified atom stereocenters. The molecule has 7 heteroatoms. The van der Waals surface area contributed by atoms with E-state index in [1.807, 2.05) is 0 Å². The summed E-state index contributed by atoms with van der Waals surface area (Å²) in [6, 6.07) is 6.29. The lowest BCUT2D eigenvalue weighted by Crippen LogP contribution is -2.24. The van der Waals surface area contributed by atoms with Crippen LogP contribution in [0.4, 0.5) is 0 Å². The zero-order valence-electron chi connectivity index (χ0n) is 10.5. The first-order chi connectivity index (χ1) is 8.90. The van der Waals surface area contributed by atoms with Gasteiger partial charge in [0, 0.05) is 6.54 Å². The first-order valence-electron chi connectivity index (χ1n) is 5.60. The lowest BCUT2D eigenvalue weighted by atomic mass is 10.2. The molecule has 1 heterocycles. The summed E-state index contributed by atoms with van der Waals surface area (Å²) >= 11 is 0. The number of phenols is 1. The summed E-state index contributed by atoms with van der Waals surface area (Å²) in [6.07, 6.45) is 0. The number of phenolic OH excluding ortho intramolecular Hbond substituents is 1. The SMILES string of the molecule is Cc1noc(C)c1S(=O)(=O)NCc1ccc(O)cc1. The second-order valence-corrected chi connectivity index (χ2v) is 5.85. The molecular formula is C12H14N2O4S. The predicted molar refractivity (Wildman–Crippen MR) is 68.1 cm³/mol. The van der Waals surface area contributed by atoms with Crippen LogP contribution in [0, 0.1) is 13.8 Å². The quantitative estimate of drug-likeness (QED) is 0.886. The number of nitrogens with zero attached hydrogens (tertiary/aromatic N) is 1. The van der Waals surface area contributed by atoms with Gasteiger partial charge in [0.05, 0.1) is 0 Å². The highest BCUT2D eigenvalue weighted by Crippen LogP contribution is 2.19. The van der Waals surface area contributed by atoms with E-state index in [-0.39, 0.29) is 22.9 Å². The molecule has 0 aliphatic rings. The van der Waals surface area contributed by atoms with Crippen molar-refractivity contribution >= 4 is 10.0 Å². The van der Waals surface area contributed by atoms with E-state index in [0.717, 1.165) is 5.56 Å². The van der Waals surface area contributed by atoms with Crippen molar-refractivity contribution in [3.63, 3.8) is 0 Å². The number of nitrogens with one attached hydrogen (secondary N) is 1. The van der Waals surface area contributed by atoms with Crippen molar-refractivity contribution in [2.45, 2.75) is 25.3 Å². The van der Waals surface area contributed by atoms with Crippen molar-refractivity contribution in [2.24, 2.45) is 0 Å². The summed E-state index contributed by atoms with van der Waals surface area (Å²) in [5, 5.41) is 12.8. The standard InChI is InChI=1S/C12H14N2O4S/c1-8-12(9(2)18-14-8)19(16,17)13-7-10-3-5-11(15)6-4-10/h3-6,13,15H,7H2,1-2H3. The average molecular weight is 282 g/mol. The van der Waals surface area contributed by atoms with Crippen LogP contribution in [0.2, 0.25) is 0 Å². The Hall–Kier alpha value is -1.86. The highest BCUT2D eigenvalue weighted by atomic mass is 32.2. The Kier molecular flexibility index (Phi) is 3.59. The molecule has 19 heavy (non-hydrogen) atoms. The maximum Gasteiger partial charge on any atom is 0.246 e. The number of aromatic hydroxyl groups is 1. The molecule has 0 atom stereocenters. The molecule has 0 fully saturated rings. The number of aryl methyl sites for hydroxylation is 2. The Labute approximate surface area is 111 Å². The van der Waals surface area contributed by atoms with E-state index in [2.05, 4.69) is 9.88 Å².